The van der Waals surface area contributed by atoms with Crippen molar-refractivity contribution < 1.29 is 19.8 Å². The third-order valence-electron chi connectivity index (χ3n) is 5.85. The Balaban J connectivity index is 2.24. The zero-order valence-electron chi connectivity index (χ0n) is 12.4. The molecule has 0 saturated heterocycles. The molecule has 4 nitrogen and oxygen atoms in total. The molecule has 0 aliphatic heterocycles. The fourth-order valence-electron chi connectivity index (χ4n) is 4.86. The molecule has 0 aromatic carbocycles. The van der Waals surface area contributed by atoms with Gasteiger partial charge in [-0.3, -0.25) is 9.59 Å². The minimum Gasteiger partial charge on any atom is -0.481 e. The first-order chi connectivity index (χ1) is 9.49. The number of carbonyl (C=O) groups is 2. The molecular weight excluding hydrogens is 256 g/mol. The van der Waals surface area contributed by atoms with Gasteiger partial charge >= 0.3 is 11.9 Å². The SMILES string of the molecule is CCC1CC(C(=O)O)C2CC(C(=O)O)CCC2C1CC. The smallest absolute Gasteiger partial charge is 0.306 e. The lowest BCUT2D eigenvalue weighted by atomic mass is 9.55. The maximum atomic E-state index is 11.6. The summed E-state index contributed by atoms with van der Waals surface area (Å²) >= 11 is 0. The maximum Gasteiger partial charge on any atom is 0.306 e. The maximum absolute atomic E-state index is 11.6. The van der Waals surface area contributed by atoms with Crippen LogP contribution in [0.15, 0.2) is 0 Å². The number of carboxylic acids is 2. The highest BCUT2D eigenvalue weighted by atomic mass is 16.4. The number of aliphatic carboxylic acids is 2. The fraction of sp³-hybridized carbons (Fsp3) is 0.875. The van der Waals surface area contributed by atoms with Gasteiger partial charge < -0.3 is 10.2 Å². The normalized spacial score (nSPS) is 40.9. The molecule has 2 rings (SSSR count). The quantitative estimate of drug-likeness (QED) is 0.830. The number of fused-ring (bicyclic) bond motifs is 1. The van der Waals surface area contributed by atoms with Crippen molar-refractivity contribution in [3.63, 3.8) is 0 Å². The molecule has 4 heteroatoms. The van der Waals surface area contributed by atoms with Crippen molar-refractivity contribution >= 4 is 11.9 Å². The Labute approximate surface area is 120 Å². The molecule has 0 bridgehead atoms. The van der Waals surface area contributed by atoms with E-state index in [0.717, 1.165) is 32.1 Å². The summed E-state index contributed by atoms with van der Waals surface area (Å²) in [5.74, 6) is -0.606. The standard InChI is InChI=1S/C16H26O4/c1-3-9-7-14(16(19)20)13-8-10(15(17)18)5-6-12(13)11(9)4-2/h9-14H,3-8H2,1-2H3,(H,17,18)(H,19,20). The van der Waals surface area contributed by atoms with Crippen LogP contribution in [-0.2, 0) is 9.59 Å². The Bertz CT molecular complexity index is 379. The molecule has 2 N–H and O–H groups in total. The van der Waals surface area contributed by atoms with Crippen LogP contribution in [0.2, 0.25) is 0 Å². The van der Waals surface area contributed by atoms with Crippen molar-refractivity contribution in [3.05, 3.63) is 0 Å². The number of rotatable bonds is 4. The van der Waals surface area contributed by atoms with Gasteiger partial charge in [0.05, 0.1) is 11.8 Å². The highest BCUT2D eigenvalue weighted by Gasteiger charge is 2.49. The van der Waals surface area contributed by atoms with Crippen LogP contribution in [0.5, 0.6) is 0 Å². The summed E-state index contributed by atoms with van der Waals surface area (Å²) in [7, 11) is 0. The van der Waals surface area contributed by atoms with Crippen LogP contribution in [0.1, 0.15) is 52.4 Å². The lowest BCUT2D eigenvalue weighted by Crippen LogP contribution is -2.46. The molecule has 0 amide bonds. The van der Waals surface area contributed by atoms with E-state index < -0.39 is 11.9 Å². The zero-order chi connectivity index (χ0) is 14.9. The molecule has 6 atom stereocenters. The topological polar surface area (TPSA) is 74.6 Å². The zero-order valence-corrected chi connectivity index (χ0v) is 12.4. The number of hydrogen-bond acceptors (Lipinski definition) is 2. The molecule has 6 unspecified atom stereocenters. The van der Waals surface area contributed by atoms with Crippen molar-refractivity contribution in [1.29, 1.82) is 0 Å². The second kappa shape index (κ2) is 6.15. The Hall–Kier alpha value is -1.06. The number of hydrogen-bond donors (Lipinski definition) is 2. The highest BCUT2D eigenvalue weighted by molar-refractivity contribution is 5.72. The monoisotopic (exact) mass is 282 g/mol. The summed E-state index contributed by atoms with van der Waals surface area (Å²) in [6.07, 6.45) is 5.02. The minimum atomic E-state index is -0.752. The van der Waals surface area contributed by atoms with E-state index in [1.165, 1.54) is 0 Å². The molecular formula is C16H26O4. The highest BCUT2D eigenvalue weighted by Crippen LogP contribution is 2.52. The summed E-state index contributed by atoms with van der Waals surface area (Å²) in [5.41, 5.74) is 0. The first kappa shape index (κ1) is 15.3. The van der Waals surface area contributed by atoms with Gasteiger partial charge in [-0.1, -0.05) is 26.7 Å². The molecule has 2 fully saturated rings. The van der Waals surface area contributed by atoms with Crippen LogP contribution in [0.3, 0.4) is 0 Å². The molecule has 2 saturated carbocycles. The largest absolute Gasteiger partial charge is 0.481 e. The van der Waals surface area contributed by atoms with Gasteiger partial charge in [0, 0.05) is 0 Å². The summed E-state index contributed by atoms with van der Waals surface area (Å²) in [6.45, 7) is 4.34. The van der Waals surface area contributed by atoms with Crippen molar-refractivity contribution in [2.75, 3.05) is 0 Å². The summed E-state index contributed by atoms with van der Waals surface area (Å²) in [5, 5.41) is 18.8. The molecule has 0 heterocycles. The van der Waals surface area contributed by atoms with Crippen molar-refractivity contribution in [3.8, 4) is 0 Å². The van der Waals surface area contributed by atoms with Gasteiger partial charge in [-0.15, -0.1) is 0 Å². The van der Waals surface area contributed by atoms with Gasteiger partial charge in [0.2, 0.25) is 0 Å². The molecule has 2 aliphatic rings. The van der Waals surface area contributed by atoms with Crippen LogP contribution >= 0.6 is 0 Å². The van der Waals surface area contributed by atoms with E-state index in [9.17, 15) is 19.8 Å². The van der Waals surface area contributed by atoms with Crippen LogP contribution in [-0.4, -0.2) is 22.2 Å². The van der Waals surface area contributed by atoms with Crippen molar-refractivity contribution in [1.82, 2.24) is 0 Å². The average molecular weight is 282 g/mol. The van der Waals surface area contributed by atoms with E-state index in [-0.39, 0.29) is 17.8 Å². The fourth-order valence-corrected chi connectivity index (χ4v) is 4.86. The predicted molar refractivity (Wildman–Crippen MR) is 75.3 cm³/mol. The van der Waals surface area contributed by atoms with E-state index in [4.69, 9.17) is 0 Å². The summed E-state index contributed by atoms with van der Waals surface area (Å²) in [4.78, 5) is 22.8. The second-order valence-corrected chi connectivity index (χ2v) is 6.60. The summed E-state index contributed by atoms with van der Waals surface area (Å²) in [6, 6.07) is 0. The molecule has 0 aromatic heterocycles. The van der Waals surface area contributed by atoms with Gasteiger partial charge in [0.25, 0.3) is 0 Å². The lowest BCUT2D eigenvalue weighted by Gasteiger charge is -2.49. The van der Waals surface area contributed by atoms with E-state index in [1.807, 2.05) is 0 Å². The van der Waals surface area contributed by atoms with E-state index in [2.05, 4.69) is 13.8 Å². The molecule has 0 aromatic rings. The Morgan fingerprint density at radius 2 is 1.65 bits per heavy atom. The van der Waals surface area contributed by atoms with Crippen LogP contribution in [0.4, 0.5) is 0 Å². The van der Waals surface area contributed by atoms with Crippen LogP contribution < -0.4 is 0 Å². The molecule has 0 radical (unpaired) electrons. The van der Waals surface area contributed by atoms with Gasteiger partial charge in [-0.05, 0) is 49.4 Å². The Morgan fingerprint density at radius 3 is 2.15 bits per heavy atom. The van der Waals surface area contributed by atoms with E-state index in [1.54, 1.807) is 0 Å². The molecule has 20 heavy (non-hydrogen) atoms. The summed E-state index contributed by atoms with van der Waals surface area (Å²) < 4.78 is 0. The predicted octanol–water partition coefficient (Wildman–Crippen LogP) is 3.26. The van der Waals surface area contributed by atoms with Gasteiger partial charge in [-0.25, -0.2) is 0 Å². The molecule has 0 spiro atoms. The Kier molecular flexibility index (Phi) is 4.71. The average Bonchev–Trinajstić information content (AvgIpc) is 2.44. The molecule has 2 aliphatic carbocycles. The lowest BCUT2D eigenvalue weighted by molar-refractivity contribution is -0.155. The third kappa shape index (κ3) is 2.70. The Morgan fingerprint density at radius 1 is 0.950 bits per heavy atom. The molecule has 114 valence electrons. The van der Waals surface area contributed by atoms with Gasteiger partial charge in [-0.2, -0.15) is 0 Å². The van der Waals surface area contributed by atoms with E-state index >= 15 is 0 Å². The van der Waals surface area contributed by atoms with E-state index in [0.29, 0.717) is 24.2 Å². The van der Waals surface area contributed by atoms with Crippen LogP contribution in [0.25, 0.3) is 0 Å². The van der Waals surface area contributed by atoms with Crippen molar-refractivity contribution in [2.45, 2.75) is 52.4 Å². The third-order valence-corrected chi connectivity index (χ3v) is 5.85. The first-order valence-corrected chi connectivity index (χ1v) is 7.95. The van der Waals surface area contributed by atoms with Crippen LogP contribution in [0, 0.1) is 35.5 Å². The second-order valence-electron chi connectivity index (χ2n) is 6.60. The first-order valence-electron chi connectivity index (χ1n) is 7.95. The number of carboxylic acid groups (broad SMARTS) is 2. The van der Waals surface area contributed by atoms with Gasteiger partial charge in [0.1, 0.15) is 0 Å². The minimum absolute atomic E-state index is 0.0649. The van der Waals surface area contributed by atoms with Crippen molar-refractivity contribution in [2.24, 2.45) is 35.5 Å². The van der Waals surface area contributed by atoms with Gasteiger partial charge in [0.15, 0.2) is 0 Å².